The molecule has 0 radical (unpaired) electrons. The van der Waals surface area contributed by atoms with Crippen LogP contribution in [-0.2, 0) is 11.3 Å². The number of halogens is 1. The van der Waals surface area contributed by atoms with Crippen LogP contribution < -0.4 is 10.1 Å². The van der Waals surface area contributed by atoms with E-state index in [1.165, 1.54) is 21.1 Å². The van der Waals surface area contributed by atoms with Crippen LogP contribution in [0.5, 0.6) is 5.75 Å². The third-order valence-corrected chi connectivity index (χ3v) is 3.32. The van der Waals surface area contributed by atoms with Crippen LogP contribution in [0, 0.1) is 0 Å². The number of ether oxygens (including phenoxy) is 1. The summed E-state index contributed by atoms with van der Waals surface area (Å²) in [6.07, 6.45) is 0. The lowest BCUT2D eigenvalue weighted by molar-refractivity contribution is -0.141. The maximum absolute atomic E-state index is 11.8. The highest BCUT2D eigenvalue weighted by Gasteiger charge is 2.21. The highest BCUT2D eigenvalue weighted by molar-refractivity contribution is 6.31. The molecule has 1 unspecified atom stereocenters. The third-order valence-electron chi connectivity index (χ3n) is 2.97. The molecule has 2 amide bonds. The molecule has 0 heterocycles. The van der Waals surface area contributed by atoms with Crippen LogP contribution in [0.1, 0.15) is 12.5 Å². The second kappa shape index (κ2) is 7.00. The summed E-state index contributed by atoms with van der Waals surface area (Å²) >= 11 is 6.05. The molecule has 0 saturated carbocycles. The van der Waals surface area contributed by atoms with Crippen LogP contribution in [0.4, 0.5) is 4.79 Å². The van der Waals surface area contributed by atoms with Gasteiger partial charge in [0.25, 0.3) is 0 Å². The number of hydrogen-bond donors (Lipinski definition) is 2. The molecule has 1 rings (SSSR count). The summed E-state index contributed by atoms with van der Waals surface area (Å²) in [5, 5.41) is 11.9. The molecule has 1 aromatic rings. The molecule has 7 heteroatoms. The molecule has 0 aliphatic rings. The minimum atomic E-state index is -1.07. The number of carboxylic acid groups (broad SMARTS) is 1. The number of rotatable bonds is 5. The Kier molecular flexibility index (Phi) is 5.64. The van der Waals surface area contributed by atoms with Crippen molar-refractivity contribution in [1.29, 1.82) is 0 Å². The second-order valence-corrected chi connectivity index (χ2v) is 4.61. The summed E-state index contributed by atoms with van der Waals surface area (Å²) in [7, 11) is 2.92. The molecule has 0 aromatic heterocycles. The smallest absolute Gasteiger partial charge is 0.326 e. The molecule has 0 fully saturated rings. The number of likely N-dealkylation sites (N-methyl/N-ethyl adjacent to an activating group) is 1. The molecular weight excluding hydrogens is 284 g/mol. The van der Waals surface area contributed by atoms with Crippen molar-refractivity contribution in [3.63, 3.8) is 0 Å². The third kappa shape index (κ3) is 3.77. The van der Waals surface area contributed by atoms with Crippen molar-refractivity contribution in [2.45, 2.75) is 19.5 Å². The van der Waals surface area contributed by atoms with Crippen LogP contribution in [-0.4, -0.2) is 42.2 Å². The summed E-state index contributed by atoms with van der Waals surface area (Å²) in [5.74, 6) is -0.510. The van der Waals surface area contributed by atoms with Gasteiger partial charge in [-0.2, -0.15) is 0 Å². The van der Waals surface area contributed by atoms with Crippen LogP contribution in [0.15, 0.2) is 18.2 Å². The molecule has 1 aromatic carbocycles. The molecule has 0 saturated heterocycles. The van der Waals surface area contributed by atoms with Crippen LogP contribution in [0.3, 0.4) is 0 Å². The average molecular weight is 301 g/mol. The minimum Gasteiger partial charge on any atom is -0.496 e. The van der Waals surface area contributed by atoms with Gasteiger partial charge in [-0.1, -0.05) is 17.7 Å². The first kappa shape index (κ1) is 16.1. The van der Waals surface area contributed by atoms with Gasteiger partial charge >= 0.3 is 12.0 Å². The van der Waals surface area contributed by atoms with Gasteiger partial charge in [-0.25, -0.2) is 9.59 Å². The number of methoxy groups -OCH3 is 1. The van der Waals surface area contributed by atoms with Gasteiger partial charge in [-0.3, -0.25) is 0 Å². The van der Waals surface area contributed by atoms with E-state index in [1.807, 2.05) is 0 Å². The van der Waals surface area contributed by atoms with Crippen molar-refractivity contribution in [1.82, 2.24) is 10.2 Å². The largest absolute Gasteiger partial charge is 0.496 e. The van der Waals surface area contributed by atoms with E-state index in [9.17, 15) is 9.59 Å². The van der Waals surface area contributed by atoms with Gasteiger partial charge in [-0.05, 0) is 19.1 Å². The van der Waals surface area contributed by atoms with Crippen molar-refractivity contribution >= 4 is 23.6 Å². The highest BCUT2D eigenvalue weighted by Crippen LogP contribution is 2.25. The van der Waals surface area contributed by atoms with Crippen LogP contribution in [0.25, 0.3) is 0 Å². The number of nitrogens with one attached hydrogen (secondary N) is 1. The number of nitrogens with zero attached hydrogens (tertiary/aromatic N) is 1. The SMILES string of the molecule is COc1cccc(Cl)c1CNC(=O)N(C)C(C)C(=O)O. The zero-order chi connectivity index (χ0) is 15.3. The average Bonchev–Trinajstić information content (AvgIpc) is 2.43. The van der Waals surface area contributed by atoms with E-state index in [0.717, 1.165) is 4.90 Å². The minimum absolute atomic E-state index is 0.151. The molecule has 110 valence electrons. The molecule has 1 atom stereocenters. The summed E-state index contributed by atoms with van der Waals surface area (Å²) in [4.78, 5) is 23.8. The molecular formula is C13H17ClN2O4. The number of carbonyl (C=O) groups is 2. The van der Waals surface area contributed by atoms with Crippen molar-refractivity contribution in [2.75, 3.05) is 14.2 Å². The molecule has 2 N–H and O–H groups in total. The molecule has 0 spiro atoms. The standard InChI is InChI=1S/C13H17ClN2O4/c1-8(12(17)18)16(2)13(19)15-7-9-10(14)5-4-6-11(9)20-3/h4-6,8H,7H2,1-3H3,(H,15,19)(H,17,18). The number of benzene rings is 1. The highest BCUT2D eigenvalue weighted by atomic mass is 35.5. The maximum atomic E-state index is 11.8. The number of carbonyl (C=O) groups excluding carboxylic acids is 1. The number of amides is 2. The lowest BCUT2D eigenvalue weighted by atomic mass is 10.2. The Morgan fingerprint density at radius 1 is 1.50 bits per heavy atom. The first-order chi connectivity index (χ1) is 9.38. The lowest BCUT2D eigenvalue weighted by Crippen LogP contribution is -2.45. The fourth-order valence-electron chi connectivity index (χ4n) is 1.53. The van der Waals surface area contributed by atoms with Gasteiger partial charge in [0.15, 0.2) is 0 Å². The van der Waals surface area contributed by atoms with Gasteiger partial charge in [0.2, 0.25) is 0 Å². The zero-order valence-corrected chi connectivity index (χ0v) is 12.3. The van der Waals surface area contributed by atoms with Crippen molar-refractivity contribution in [3.05, 3.63) is 28.8 Å². The summed E-state index contributed by atoms with van der Waals surface area (Å²) < 4.78 is 5.16. The normalized spacial score (nSPS) is 11.6. The molecule has 0 bridgehead atoms. The van der Waals surface area contributed by atoms with E-state index < -0.39 is 18.0 Å². The molecule has 20 heavy (non-hydrogen) atoms. The fraction of sp³-hybridized carbons (Fsp3) is 0.385. The Morgan fingerprint density at radius 2 is 2.15 bits per heavy atom. The first-order valence-electron chi connectivity index (χ1n) is 5.93. The van der Waals surface area contributed by atoms with Crippen LogP contribution in [0.2, 0.25) is 5.02 Å². The summed E-state index contributed by atoms with van der Waals surface area (Å²) in [5.41, 5.74) is 0.640. The van der Waals surface area contributed by atoms with E-state index in [2.05, 4.69) is 5.32 Å². The van der Waals surface area contributed by atoms with E-state index in [4.69, 9.17) is 21.4 Å². The Hall–Kier alpha value is -1.95. The summed E-state index contributed by atoms with van der Waals surface area (Å²) in [6.45, 7) is 1.58. The number of carboxylic acids is 1. The predicted molar refractivity (Wildman–Crippen MR) is 75.1 cm³/mol. The second-order valence-electron chi connectivity index (χ2n) is 4.20. The Labute approximate surface area is 122 Å². The molecule has 0 aliphatic heterocycles. The van der Waals surface area contributed by atoms with Crippen molar-refractivity contribution in [3.8, 4) is 5.75 Å². The zero-order valence-electron chi connectivity index (χ0n) is 11.5. The first-order valence-corrected chi connectivity index (χ1v) is 6.31. The Balaban J connectivity index is 2.73. The van der Waals surface area contributed by atoms with E-state index in [1.54, 1.807) is 18.2 Å². The van der Waals surface area contributed by atoms with Gasteiger partial charge in [0.05, 0.1) is 7.11 Å². The van der Waals surface area contributed by atoms with E-state index >= 15 is 0 Å². The number of hydrogen-bond acceptors (Lipinski definition) is 3. The fourth-order valence-corrected chi connectivity index (χ4v) is 1.76. The van der Waals surface area contributed by atoms with Gasteiger partial charge < -0.3 is 20.1 Å². The van der Waals surface area contributed by atoms with E-state index in [0.29, 0.717) is 16.3 Å². The van der Waals surface area contributed by atoms with Gasteiger partial charge in [0.1, 0.15) is 11.8 Å². The molecule has 6 nitrogen and oxygen atoms in total. The van der Waals surface area contributed by atoms with Crippen LogP contribution >= 0.6 is 11.6 Å². The predicted octanol–water partition coefficient (Wildman–Crippen LogP) is 1.96. The maximum Gasteiger partial charge on any atom is 0.326 e. The topological polar surface area (TPSA) is 78.9 Å². The van der Waals surface area contributed by atoms with Crippen molar-refractivity contribution in [2.24, 2.45) is 0 Å². The Morgan fingerprint density at radius 3 is 2.70 bits per heavy atom. The lowest BCUT2D eigenvalue weighted by Gasteiger charge is -2.22. The molecule has 0 aliphatic carbocycles. The van der Waals surface area contributed by atoms with Gasteiger partial charge in [0, 0.05) is 24.2 Å². The van der Waals surface area contributed by atoms with E-state index in [-0.39, 0.29) is 6.54 Å². The monoisotopic (exact) mass is 300 g/mol. The number of urea groups is 1. The quantitative estimate of drug-likeness (QED) is 0.871. The van der Waals surface area contributed by atoms with Crippen molar-refractivity contribution < 1.29 is 19.4 Å². The Bertz CT molecular complexity index is 507. The number of aliphatic carboxylic acids is 1. The summed E-state index contributed by atoms with van der Waals surface area (Å²) in [6, 6.07) is 3.75. The van der Waals surface area contributed by atoms with Gasteiger partial charge in [-0.15, -0.1) is 0 Å².